The Morgan fingerprint density at radius 2 is 1.75 bits per heavy atom. The summed E-state index contributed by atoms with van der Waals surface area (Å²) in [6.45, 7) is 1.60. The summed E-state index contributed by atoms with van der Waals surface area (Å²) in [6, 6.07) is 4.57. The highest BCUT2D eigenvalue weighted by Crippen LogP contribution is 2.48. The number of carbonyl (C=O) groups excluding carboxylic acids is 1. The number of benzene rings is 2. The summed E-state index contributed by atoms with van der Waals surface area (Å²) < 4.78 is 62.3. The van der Waals surface area contributed by atoms with Crippen molar-refractivity contribution in [3.63, 3.8) is 0 Å². The lowest BCUT2D eigenvalue weighted by atomic mass is 9.78. The molecule has 1 N–H and O–H groups in total. The van der Waals surface area contributed by atoms with Crippen LogP contribution in [0.4, 0.5) is 13.2 Å². The lowest BCUT2D eigenvalue weighted by molar-refractivity contribution is -0.146. The van der Waals surface area contributed by atoms with Gasteiger partial charge in [0.25, 0.3) is 0 Å². The number of hydrogen-bond donors (Lipinski definition) is 1. The average Bonchev–Trinajstić information content (AvgIpc) is 3.10. The summed E-state index contributed by atoms with van der Waals surface area (Å²) in [6.07, 6.45) is 0. The van der Waals surface area contributed by atoms with Crippen LogP contribution in [-0.4, -0.2) is 25.3 Å². The maximum absolute atomic E-state index is 13.9. The number of hydrogen-bond acceptors (Lipinski definition) is 6. The smallest absolute Gasteiger partial charge is 0.319 e. The van der Waals surface area contributed by atoms with Gasteiger partial charge in [0.15, 0.2) is 29.0 Å². The summed E-state index contributed by atoms with van der Waals surface area (Å²) in [5, 5.41) is 8.16. The Labute approximate surface area is 157 Å². The summed E-state index contributed by atoms with van der Waals surface area (Å²) >= 11 is 0. The van der Waals surface area contributed by atoms with Gasteiger partial charge in [0, 0.05) is 17.5 Å². The van der Waals surface area contributed by atoms with Crippen molar-refractivity contribution in [2.75, 3.05) is 13.4 Å². The van der Waals surface area contributed by atoms with Crippen LogP contribution < -0.4 is 14.2 Å². The van der Waals surface area contributed by atoms with Crippen LogP contribution in [0.1, 0.15) is 24.0 Å². The summed E-state index contributed by atoms with van der Waals surface area (Å²) in [5.74, 6) is -7.15. The zero-order chi connectivity index (χ0) is 20.0. The Bertz CT molecular complexity index is 971. The quantitative estimate of drug-likeness (QED) is 0.638. The van der Waals surface area contributed by atoms with E-state index in [4.69, 9.17) is 24.4 Å². The number of ether oxygens (including phenoxy) is 4. The van der Waals surface area contributed by atoms with E-state index < -0.39 is 41.2 Å². The molecule has 0 radical (unpaired) electrons. The molecule has 146 valence electrons. The van der Waals surface area contributed by atoms with Crippen molar-refractivity contribution < 1.29 is 36.9 Å². The van der Waals surface area contributed by atoms with E-state index >= 15 is 0 Å². The summed E-state index contributed by atoms with van der Waals surface area (Å²) in [5.41, 5.74) is 0.298. The molecule has 2 aromatic carbocycles. The second-order valence-corrected chi connectivity index (χ2v) is 6.22. The SMILES string of the molecule is CCOC(=O)C1C(=N)Oc2cc3c(cc2C1c1cc(F)c(F)c(F)c1)OCO3. The molecule has 0 bridgehead atoms. The first-order valence-electron chi connectivity index (χ1n) is 8.41. The highest BCUT2D eigenvalue weighted by atomic mass is 19.2. The molecule has 0 amide bonds. The first kappa shape index (κ1) is 18.1. The zero-order valence-corrected chi connectivity index (χ0v) is 14.6. The third-order valence-corrected chi connectivity index (χ3v) is 4.58. The molecule has 0 fully saturated rings. The van der Waals surface area contributed by atoms with Crippen molar-refractivity contribution in [3.8, 4) is 17.2 Å². The van der Waals surface area contributed by atoms with Gasteiger partial charge in [-0.05, 0) is 30.7 Å². The van der Waals surface area contributed by atoms with Gasteiger partial charge in [0.05, 0.1) is 6.61 Å². The highest BCUT2D eigenvalue weighted by Gasteiger charge is 2.44. The van der Waals surface area contributed by atoms with Crippen molar-refractivity contribution in [1.82, 2.24) is 0 Å². The molecule has 0 saturated carbocycles. The molecule has 2 aliphatic rings. The van der Waals surface area contributed by atoms with Crippen molar-refractivity contribution in [2.45, 2.75) is 12.8 Å². The second kappa shape index (κ2) is 6.74. The summed E-state index contributed by atoms with van der Waals surface area (Å²) in [4.78, 5) is 12.5. The van der Waals surface area contributed by atoms with Gasteiger partial charge in [-0.25, -0.2) is 13.2 Å². The van der Waals surface area contributed by atoms with Crippen LogP contribution in [0.5, 0.6) is 17.2 Å². The minimum absolute atomic E-state index is 0.0263. The fourth-order valence-corrected chi connectivity index (χ4v) is 3.39. The molecule has 2 atom stereocenters. The normalized spacial score (nSPS) is 19.8. The number of rotatable bonds is 3. The maximum Gasteiger partial charge on any atom is 0.319 e. The van der Waals surface area contributed by atoms with Crippen LogP contribution in [0.2, 0.25) is 0 Å². The van der Waals surface area contributed by atoms with Crippen LogP contribution in [0.15, 0.2) is 24.3 Å². The number of nitrogens with one attached hydrogen (secondary N) is 1. The van der Waals surface area contributed by atoms with E-state index in [0.29, 0.717) is 17.1 Å². The Morgan fingerprint density at radius 1 is 1.11 bits per heavy atom. The molecule has 28 heavy (non-hydrogen) atoms. The van der Waals surface area contributed by atoms with Crippen molar-refractivity contribution in [1.29, 1.82) is 5.41 Å². The van der Waals surface area contributed by atoms with Gasteiger partial charge >= 0.3 is 5.97 Å². The van der Waals surface area contributed by atoms with E-state index in [1.165, 1.54) is 12.1 Å². The fourth-order valence-electron chi connectivity index (χ4n) is 3.39. The van der Waals surface area contributed by atoms with Crippen LogP contribution in [0.25, 0.3) is 0 Å². The zero-order valence-electron chi connectivity index (χ0n) is 14.6. The molecule has 2 heterocycles. The van der Waals surface area contributed by atoms with E-state index in [1.807, 2.05) is 0 Å². The molecule has 2 unspecified atom stereocenters. The molecule has 0 aliphatic carbocycles. The van der Waals surface area contributed by atoms with Gasteiger partial charge in [-0.1, -0.05) is 0 Å². The largest absolute Gasteiger partial charge is 0.465 e. The van der Waals surface area contributed by atoms with Crippen LogP contribution in [0.3, 0.4) is 0 Å². The van der Waals surface area contributed by atoms with Crippen LogP contribution >= 0.6 is 0 Å². The Hall–Kier alpha value is -3.23. The van der Waals surface area contributed by atoms with Crippen molar-refractivity contribution >= 4 is 11.9 Å². The summed E-state index contributed by atoms with van der Waals surface area (Å²) in [7, 11) is 0. The molecule has 6 nitrogen and oxygen atoms in total. The van der Waals surface area contributed by atoms with E-state index in [2.05, 4.69) is 0 Å². The minimum atomic E-state index is -1.62. The third kappa shape index (κ3) is 2.83. The van der Waals surface area contributed by atoms with Crippen molar-refractivity contribution in [2.24, 2.45) is 5.92 Å². The standard InChI is InChI=1S/C19H14F3NO5/c1-2-25-19(24)16-15(8-3-10(20)17(22)11(21)4-8)9-5-13-14(27-7-26-13)6-12(9)28-18(16)23/h3-6,15-16,23H,2,7H2,1H3. The monoisotopic (exact) mass is 393 g/mol. The molecule has 4 rings (SSSR count). The average molecular weight is 393 g/mol. The first-order chi connectivity index (χ1) is 13.4. The molecule has 0 spiro atoms. The minimum Gasteiger partial charge on any atom is -0.465 e. The van der Waals surface area contributed by atoms with E-state index in [9.17, 15) is 18.0 Å². The molecule has 9 heteroatoms. The Kier molecular flexibility index (Phi) is 4.37. The van der Waals surface area contributed by atoms with Crippen molar-refractivity contribution in [3.05, 3.63) is 52.8 Å². The van der Waals surface area contributed by atoms with Gasteiger partial charge in [-0.2, -0.15) is 0 Å². The fraction of sp³-hybridized carbons (Fsp3) is 0.263. The lowest BCUT2D eigenvalue weighted by Crippen LogP contribution is -2.38. The Balaban J connectivity index is 1.92. The number of esters is 1. The van der Waals surface area contributed by atoms with Gasteiger partial charge in [-0.15, -0.1) is 0 Å². The Morgan fingerprint density at radius 3 is 2.39 bits per heavy atom. The highest BCUT2D eigenvalue weighted by molar-refractivity contribution is 6.00. The predicted molar refractivity (Wildman–Crippen MR) is 89.2 cm³/mol. The molecular formula is C19H14F3NO5. The molecule has 2 aliphatic heterocycles. The van der Waals surface area contributed by atoms with E-state index in [-0.39, 0.29) is 24.7 Å². The molecule has 2 aromatic rings. The molecular weight excluding hydrogens is 379 g/mol. The molecule has 0 saturated heterocycles. The van der Waals surface area contributed by atoms with Crippen LogP contribution in [0, 0.1) is 28.8 Å². The van der Waals surface area contributed by atoms with E-state index in [0.717, 1.165) is 12.1 Å². The predicted octanol–water partition coefficient (Wildman–Crippen LogP) is 3.51. The lowest BCUT2D eigenvalue weighted by Gasteiger charge is -2.32. The van der Waals surface area contributed by atoms with E-state index in [1.54, 1.807) is 6.92 Å². The van der Waals surface area contributed by atoms with Gasteiger partial charge < -0.3 is 18.9 Å². The molecule has 0 aromatic heterocycles. The topological polar surface area (TPSA) is 77.8 Å². The second-order valence-electron chi connectivity index (χ2n) is 6.22. The third-order valence-electron chi connectivity index (χ3n) is 4.58. The number of carbonyl (C=O) groups is 1. The van der Waals surface area contributed by atoms with Gasteiger partial charge in [0.2, 0.25) is 12.7 Å². The maximum atomic E-state index is 13.9. The number of fused-ring (bicyclic) bond motifs is 2. The van der Waals surface area contributed by atoms with Crippen LogP contribution in [-0.2, 0) is 9.53 Å². The first-order valence-corrected chi connectivity index (χ1v) is 8.41. The number of halogens is 3. The van der Waals surface area contributed by atoms with Gasteiger partial charge in [0.1, 0.15) is 11.7 Å². The van der Waals surface area contributed by atoms with Gasteiger partial charge in [-0.3, -0.25) is 10.2 Å².